The van der Waals surface area contributed by atoms with Crippen LogP contribution in [-0.2, 0) is 0 Å². The van der Waals surface area contributed by atoms with Crippen molar-refractivity contribution in [3.8, 4) is 0 Å². The molecule has 0 spiro atoms. The van der Waals surface area contributed by atoms with Gasteiger partial charge in [0, 0.05) is 25.7 Å². The lowest BCUT2D eigenvalue weighted by molar-refractivity contribution is 0.123. The third-order valence-corrected chi connectivity index (χ3v) is 3.62. The Balaban J connectivity index is 2.43. The second-order valence-electron chi connectivity index (χ2n) is 6.15. The molecule has 0 saturated carbocycles. The van der Waals surface area contributed by atoms with Crippen molar-refractivity contribution in [2.24, 2.45) is 11.8 Å². The molecule has 0 aliphatic carbocycles. The Kier molecular flexibility index (Phi) is 7.14. The largest absolute Gasteiger partial charge is 0.313 e. The SMILES string of the molecule is CCCNC1CC(CCC)CN(CC(C)C)C1. The Hall–Kier alpha value is -0.0800. The second kappa shape index (κ2) is 8.10. The molecule has 1 saturated heterocycles. The summed E-state index contributed by atoms with van der Waals surface area (Å²) in [5.74, 6) is 1.71. The summed E-state index contributed by atoms with van der Waals surface area (Å²) in [5, 5.41) is 3.72. The molecule has 102 valence electrons. The van der Waals surface area contributed by atoms with E-state index in [1.165, 1.54) is 51.9 Å². The molecular formula is C15H32N2. The number of likely N-dealkylation sites (tertiary alicyclic amines) is 1. The van der Waals surface area contributed by atoms with Crippen LogP contribution in [0.15, 0.2) is 0 Å². The summed E-state index contributed by atoms with van der Waals surface area (Å²) in [4.78, 5) is 2.68. The second-order valence-corrected chi connectivity index (χ2v) is 6.15. The third-order valence-electron chi connectivity index (χ3n) is 3.62. The van der Waals surface area contributed by atoms with E-state index in [9.17, 15) is 0 Å². The van der Waals surface area contributed by atoms with Crippen LogP contribution in [0.3, 0.4) is 0 Å². The number of hydrogen-bond donors (Lipinski definition) is 1. The molecule has 0 aromatic rings. The molecule has 17 heavy (non-hydrogen) atoms. The van der Waals surface area contributed by atoms with Crippen LogP contribution < -0.4 is 5.32 Å². The Morgan fingerprint density at radius 1 is 1.18 bits per heavy atom. The van der Waals surface area contributed by atoms with E-state index in [1.807, 2.05) is 0 Å². The van der Waals surface area contributed by atoms with E-state index in [0.29, 0.717) is 0 Å². The fraction of sp³-hybridized carbons (Fsp3) is 1.00. The lowest BCUT2D eigenvalue weighted by atomic mass is 9.90. The minimum atomic E-state index is 0.735. The summed E-state index contributed by atoms with van der Waals surface area (Å²) in [6.07, 6.45) is 5.38. The first-order chi connectivity index (χ1) is 8.15. The normalized spacial score (nSPS) is 26.6. The van der Waals surface area contributed by atoms with Crippen LogP contribution in [0.1, 0.15) is 53.4 Å². The van der Waals surface area contributed by atoms with Crippen LogP contribution >= 0.6 is 0 Å². The van der Waals surface area contributed by atoms with E-state index in [1.54, 1.807) is 0 Å². The zero-order valence-electron chi connectivity index (χ0n) is 12.3. The molecule has 0 bridgehead atoms. The summed E-state index contributed by atoms with van der Waals surface area (Å²) >= 11 is 0. The van der Waals surface area contributed by atoms with Gasteiger partial charge in [-0.05, 0) is 37.6 Å². The van der Waals surface area contributed by atoms with E-state index in [-0.39, 0.29) is 0 Å². The van der Waals surface area contributed by atoms with Gasteiger partial charge in [0.15, 0.2) is 0 Å². The molecule has 2 heteroatoms. The fourth-order valence-corrected chi connectivity index (χ4v) is 3.08. The topological polar surface area (TPSA) is 15.3 Å². The van der Waals surface area contributed by atoms with E-state index >= 15 is 0 Å². The van der Waals surface area contributed by atoms with Crippen molar-refractivity contribution in [2.45, 2.75) is 59.4 Å². The first-order valence-corrected chi connectivity index (χ1v) is 7.61. The predicted octanol–water partition coefficient (Wildman–Crippen LogP) is 3.13. The van der Waals surface area contributed by atoms with Gasteiger partial charge < -0.3 is 10.2 Å². The molecule has 1 heterocycles. The maximum Gasteiger partial charge on any atom is 0.0198 e. The lowest BCUT2D eigenvalue weighted by Gasteiger charge is -2.39. The Morgan fingerprint density at radius 3 is 2.53 bits per heavy atom. The zero-order valence-corrected chi connectivity index (χ0v) is 12.3. The highest BCUT2D eigenvalue weighted by Gasteiger charge is 2.26. The zero-order chi connectivity index (χ0) is 12.7. The number of hydrogen-bond acceptors (Lipinski definition) is 2. The summed E-state index contributed by atoms with van der Waals surface area (Å²) in [6.45, 7) is 14.3. The Labute approximate surface area is 108 Å². The standard InChI is InChI=1S/C15H32N2/c1-5-7-14-9-15(16-8-6-2)12-17(11-14)10-13(3)4/h13-16H,5-12H2,1-4H3. The Morgan fingerprint density at radius 2 is 1.94 bits per heavy atom. The average molecular weight is 240 g/mol. The number of nitrogens with zero attached hydrogens (tertiary/aromatic N) is 1. The minimum Gasteiger partial charge on any atom is -0.313 e. The van der Waals surface area contributed by atoms with E-state index in [4.69, 9.17) is 0 Å². The maximum atomic E-state index is 3.72. The molecule has 2 unspecified atom stereocenters. The smallest absolute Gasteiger partial charge is 0.0198 e. The van der Waals surface area contributed by atoms with Gasteiger partial charge in [0.25, 0.3) is 0 Å². The minimum absolute atomic E-state index is 0.735. The van der Waals surface area contributed by atoms with Gasteiger partial charge in [-0.15, -0.1) is 0 Å². The van der Waals surface area contributed by atoms with E-state index < -0.39 is 0 Å². The molecule has 0 radical (unpaired) electrons. The van der Waals surface area contributed by atoms with Crippen LogP contribution in [0.2, 0.25) is 0 Å². The summed E-state index contributed by atoms with van der Waals surface area (Å²) in [6, 6.07) is 0.735. The van der Waals surface area contributed by atoms with Crippen LogP contribution in [0, 0.1) is 11.8 Å². The highest BCUT2D eigenvalue weighted by molar-refractivity contribution is 4.83. The van der Waals surface area contributed by atoms with Crippen molar-refractivity contribution >= 4 is 0 Å². The quantitative estimate of drug-likeness (QED) is 0.735. The molecular weight excluding hydrogens is 208 g/mol. The molecule has 1 N–H and O–H groups in total. The molecule has 0 aromatic carbocycles. The number of rotatable bonds is 7. The molecule has 1 fully saturated rings. The first kappa shape index (κ1) is 15.0. The fourth-order valence-electron chi connectivity index (χ4n) is 3.08. The summed E-state index contributed by atoms with van der Waals surface area (Å²) in [7, 11) is 0. The van der Waals surface area contributed by atoms with Gasteiger partial charge in [-0.2, -0.15) is 0 Å². The van der Waals surface area contributed by atoms with E-state index in [2.05, 4.69) is 37.9 Å². The summed E-state index contributed by atoms with van der Waals surface area (Å²) < 4.78 is 0. The van der Waals surface area contributed by atoms with Gasteiger partial charge in [-0.3, -0.25) is 0 Å². The van der Waals surface area contributed by atoms with Crippen molar-refractivity contribution in [3.05, 3.63) is 0 Å². The van der Waals surface area contributed by atoms with Crippen molar-refractivity contribution in [2.75, 3.05) is 26.2 Å². The molecule has 1 rings (SSSR count). The predicted molar refractivity (Wildman–Crippen MR) is 76.4 cm³/mol. The van der Waals surface area contributed by atoms with Crippen LogP contribution in [0.5, 0.6) is 0 Å². The van der Waals surface area contributed by atoms with Crippen LogP contribution in [0.4, 0.5) is 0 Å². The molecule has 1 aliphatic heterocycles. The Bertz CT molecular complexity index is 191. The summed E-state index contributed by atoms with van der Waals surface area (Å²) in [5.41, 5.74) is 0. The van der Waals surface area contributed by atoms with Crippen molar-refractivity contribution in [1.82, 2.24) is 10.2 Å². The molecule has 0 amide bonds. The third kappa shape index (κ3) is 5.87. The number of piperidine rings is 1. The van der Waals surface area contributed by atoms with Gasteiger partial charge in [0.1, 0.15) is 0 Å². The highest BCUT2D eigenvalue weighted by Crippen LogP contribution is 2.22. The van der Waals surface area contributed by atoms with Gasteiger partial charge in [-0.1, -0.05) is 34.1 Å². The van der Waals surface area contributed by atoms with Crippen molar-refractivity contribution < 1.29 is 0 Å². The van der Waals surface area contributed by atoms with Gasteiger partial charge >= 0.3 is 0 Å². The maximum absolute atomic E-state index is 3.72. The van der Waals surface area contributed by atoms with Crippen LogP contribution in [-0.4, -0.2) is 37.1 Å². The lowest BCUT2D eigenvalue weighted by Crippen LogP contribution is -2.50. The monoisotopic (exact) mass is 240 g/mol. The van der Waals surface area contributed by atoms with Crippen molar-refractivity contribution in [3.63, 3.8) is 0 Å². The van der Waals surface area contributed by atoms with Gasteiger partial charge in [0.05, 0.1) is 0 Å². The molecule has 1 aliphatic rings. The van der Waals surface area contributed by atoms with Crippen molar-refractivity contribution in [1.29, 1.82) is 0 Å². The highest BCUT2D eigenvalue weighted by atomic mass is 15.2. The van der Waals surface area contributed by atoms with Gasteiger partial charge in [0.2, 0.25) is 0 Å². The molecule has 0 aromatic heterocycles. The molecule has 2 atom stereocenters. The number of nitrogens with one attached hydrogen (secondary N) is 1. The van der Waals surface area contributed by atoms with Gasteiger partial charge in [-0.25, -0.2) is 0 Å². The van der Waals surface area contributed by atoms with Crippen LogP contribution in [0.25, 0.3) is 0 Å². The average Bonchev–Trinajstić information content (AvgIpc) is 2.25. The van der Waals surface area contributed by atoms with E-state index in [0.717, 1.165) is 17.9 Å². The first-order valence-electron chi connectivity index (χ1n) is 7.61. The molecule has 2 nitrogen and oxygen atoms in total.